The molecule has 0 atom stereocenters. The van der Waals surface area contributed by atoms with Crippen LogP contribution < -0.4 is 10.2 Å². The van der Waals surface area contributed by atoms with Gasteiger partial charge in [0.15, 0.2) is 0 Å². The van der Waals surface area contributed by atoms with Crippen molar-refractivity contribution in [3.8, 4) is 0 Å². The first-order valence-corrected chi connectivity index (χ1v) is 3.16. The molecule has 77 valence electrons. The van der Waals surface area contributed by atoms with Gasteiger partial charge in [-0.3, -0.25) is 0 Å². The summed E-state index contributed by atoms with van der Waals surface area (Å²) in [5.41, 5.74) is 0. The Labute approximate surface area is 87.4 Å². The summed E-state index contributed by atoms with van der Waals surface area (Å²) in [6, 6.07) is 0. The first-order valence-electron chi connectivity index (χ1n) is 3.16. The van der Waals surface area contributed by atoms with E-state index >= 15 is 0 Å². The number of aliphatic carboxylic acids is 2. The summed E-state index contributed by atoms with van der Waals surface area (Å²) in [5, 5.41) is 18.8. The van der Waals surface area contributed by atoms with Gasteiger partial charge in [0.1, 0.15) is 0 Å². The predicted molar refractivity (Wildman–Crippen MR) is 39.6 cm³/mol. The molecule has 5 heteroatoms. The van der Waals surface area contributed by atoms with Gasteiger partial charge in [0.25, 0.3) is 0 Å². The minimum atomic E-state index is -1.08. The molecule has 0 aromatic heterocycles. The van der Waals surface area contributed by atoms with Crippen molar-refractivity contribution in [2.75, 3.05) is 0 Å². The Bertz CT molecular complexity index is 157. The Hall–Kier alpha value is -1.06. The second-order valence-corrected chi connectivity index (χ2v) is 1.73. The van der Waals surface area contributed by atoms with Crippen molar-refractivity contribution < 1.29 is 36.9 Å². The van der Waals surface area contributed by atoms with Gasteiger partial charge < -0.3 is 19.8 Å². The number of hydrogen-bond acceptors (Lipinski definition) is 4. The fraction of sp³-hybridized carbons (Fsp3) is 0.250. The molecule has 0 saturated heterocycles. The van der Waals surface area contributed by atoms with Crippen molar-refractivity contribution >= 4 is 11.9 Å². The molecule has 0 aromatic carbocycles. The summed E-state index contributed by atoms with van der Waals surface area (Å²) >= 11 is 0. The van der Waals surface area contributed by atoms with Crippen LogP contribution in [0, 0.1) is 0 Å². The van der Waals surface area contributed by atoms with Crippen molar-refractivity contribution in [3.05, 3.63) is 25.3 Å². The smallest absolute Gasteiger partial charge is 0.550 e. The maximum atomic E-state index is 9.42. The molecule has 0 spiro atoms. The molecule has 0 aliphatic heterocycles. The van der Waals surface area contributed by atoms with Gasteiger partial charge in [-0.1, -0.05) is 12.2 Å². The normalized spacial score (nSPS) is 6.77. The van der Waals surface area contributed by atoms with Crippen LogP contribution in [-0.2, 0) is 26.7 Å². The third kappa shape index (κ3) is 35.8. The van der Waals surface area contributed by atoms with Crippen LogP contribution in [-0.4, -0.2) is 11.9 Å². The Kier molecular flexibility index (Phi) is 18.6. The topological polar surface area (TPSA) is 80.3 Å². The summed E-state index contributed by atoms with van der Waals surface area (Å²) < 4.78 is 0. The molecule has 0 saturated carbocycles. The molecular formula is C8H10CuO4. The molecule has 0 heterocycles. The third-order valence-electron chi connectivity index (χ3n) is 0.622. The van der Waals surface area contributed by atoms with E-state index in [4.69, 9.17) is 0 Å². The van der Waals surface area contributed by atoms with Crippen molar-refractivity contribution in [1.29, 1.82) is 0 Å². The molecule has 1 radical (unpaired) electrons. The van der Waals surface area contributed by atoms with Crippen molar-refractivity contribution in [1.82, 2.24) is 0 Å². The van der Waals surface area contributed by atoms with Crippen molar-refractivity contribution in [2.45, 2.75) is 12.8 Å². The minimum Gasteiger partial charge on any atom is -0.550 e. The van der Waals surface area contributed by atoms with Crippen molar-refractivity contribution in [2.24, 2.45) is 0 Å². The average Bonchev–Trinajstić information content (AvgIpc) is 1.87. The molecule has 13 heavy (non-hydrogen) atoms. The fourth-order valence-corrected chi connectivity index (χ4v) is 0.236. The zero-order valence-electron chi connectivity index (χ0n) is 6.92. The van der Waals surface area contributed by atoms with Crippen molar-refractivity contribution in [3.63, 3.8) is 0 Å². The van der Waals surface area contributed by atoms with Crippen LogP contribution in [0.5, 0.6) is 0 Å². The SMILES string of the molecule is C=CCC(=O)[O-].C=CCC(=O)[O-].[Cu+2]. The van der Waals surface area contributed by atoms with E-state index in [0.29, 0.717) is 0 Å². The van der Waals surface area contributed by atoms with E-state index < -0.39 is 11.9 Å². The quantitative estimate of drug-likeness (QED) is 0.443. The van der Waals surface area contributed by atoms with E-state index in [0.717, 1.165) is 0 Å². The second kappa shape index (κ2) is 13.5. The Morgan fingerprint density at radius 3 is 1.23 bits per heavy atom. The van der Waals surface area contributed by atoms with E-state index in [9.17, 15) is 19.8 Å². The third-order valence-corrected chi connectivity index (χ3v) is 0.622. The Morgan fingerprint density at radius 1 is 1.00 bits per heavy atom. The molecule has 0 aliphatic carbocycles. The summed E-state index contributed by atoms with van der Waals surface area (Å²) in [5.74, 6) is -2.16. The maximum absolute atomic E-state index is 9.42. The van der Waals surface area contributed by atoms with Gasteiger partial charge in [-0.15, -0.1) is 13.2 Å². The number of hydrogen-bond donors (Lipinski definition) is 0. The van der Waals surface area contributed by atoms with Gasteiger partial charge in [-0.25, -0.2) is 0 Å². The summed E-state index contributed by atoms with van der Waals surface area (Å²) in [4.78, 5) is 18.8. The largest absolute Gasteiger partial charge is 2.00 e. The minimum absolute atomic E-state index is 0. The molecule has 0 bridgehead atoms. The molecule has 0 N–H and O–H groups in total. The Morgan fingerprint density at radius 2 is 1.23 bits per heavy atom. The first-order chi connectivity index (χ1) is 5.54. The fourth-order valence-electron chi connectivity index (χ4n) is 0.236. The van der Waals surface area contributed by atoms with Gasteiger partial charge in [0.05, 0.1) is 0 Å². The molecule has 0 aliphatic rings. The number of carbonyl (C=O) groups is 2. The van der Waals surface area contributed by atoms with Crippen LogP contribution in [0.3, 0.4) is 0 Å². The van der Waals surface area contributed by atoms with Crippen LogP contribution in [0.1, 0.15) is 12.8 Å². The van der Waals surface area contributed by atoms with Gasteiger partial charge >= 0.3 is 17.1 Å². The van der Waals surface area contributed by atoms with Gasteiger partial charge in [-0.2, -0.15) is 0 Å². The van der Waals surface area contributed by atoms with Gasteiger partial charge in [0.2, 0.25) is 0 Å². The van der Waals surface area contributed by atoms with Gasteiger partial charge in [-0.05, 0) is 0 Å². The standard InChI is InChI=1S/2C4H6O2.Cu/c2*1-2-3-4(5)6;/h2*2H,1,3H2,(H,5,6);/q;;+2/p-2. The van der Waals surface area contributed by atoms with E-state index in [2.05, 4.69) is 13.2 Å². The molecule has 0 unspecified atom stereocenters. The number of carboxylic acids is 2. The monoisotopic (exact) mass is 233 g/mol. The summed E-state index contributed by atoms with van der Waals surface area (Å²) in [6.45, 7) is 6.36. The van der Waals surface area contributed by atoms with Crippen LogP contribution in [0.15, 0.2) is 25.3 Å². The summed E-state index contributed by atoms with van der Waals surface area (Å²) in [7, 11) is 0. The number of carboxylic acid groups (broad SMARTS) is 2. The van der Waals surface area contributed by atoms with E-state index in [1.807, 2.05) is 0 Å². The number of rotatable bonds is 4. The van der Waals surface area contributed by atoms with Crippen LogP contribution in [0.2, 0.25) is 0 Å². The van der Waals surface area contributed by atoms with Gasteiger partial charge in [0, 0.05) is 24.8 Å². The zero-order valence-corrected chi connectivity index (χ0v) is 7.86. The van der Waals surface area contributed by atoms with E-state index in [1.165, 1.54) is 12.2 Å². The molecule has 0 aromatic rings. The predicted octanol–water partition coefficient (Wildman–Crippen LogP) is -1.38. The molecule has 0 amide bonds. The van der Waals surface area contributed by atoms with E-state index in [1.54, 1.807) is 0 Å². The molecule has 4 nitrogen and oxygen atoms in total. The first kappa shape index (κ1) is 17.9. The maximum Gasteiger partial charge on any atom is 2.00 e. The molecular weight excluding hydrogens is 224 g/mol. The molecule has 0 rings (SSSR count). The second-order valence-electron chi connectivity index (χ2n) is 1.73. The Balaban J connectivity index is -0.000000143. The average molecular weight is 234 g/mol. The van der Waals surface area contributed by atoms with Crippen LogP contribution >= 0.6 is 0 Å². The van der Waals surface area contributed by atoms with Crippen LogP contribution in [0.25, 0.3) is 0 Å². The van der Waals surface area contributed by atoms with E-state index in [-0.39, 0.29) is 29.9 Å². The summed E-state index contributed by atoms with van der Waals surface area (Å²) in [6.07, 6.45) is 2.46. The molecule has 0 fully saturated rings. The number of carbonyl (C=O) groups excluding carboxylic acids is 2. The zero-order chi connectivity index (χ0) is 9.98. The van der Waals surface area contributed by atoms with Crippen LogP contribution in [0.4, 0.5) is 0 Å².